The van der Waals surface area contributed by atoms with Crippen LogP contribution in [0, 0.1) is 6.92 Å². The van der Waals surface area contributed by atoms with Crippen LogP contribution in [-0.2, 0) is 5.41 Å². The second-order valence-corrected chi connectivity index (χ2v) is 31.4. The molecule has 560 valence electrons. The first kappa shape index (κ1) is 65.9. The van der Waals surface area contributed by atoms with Crippen molar-refractivity contribution in [1.82, 2.24) is 0 Å². The molecule has 0 fully saturated rings. The van der Waals surface area contributed by atoms with Crippen LogP contribution in [0.25, 0.3) is 55.6 Å². The van der Waals surface area contributed by atoms with Crippen molar-refractivity contribution in [3.63, 3.8) is 0 Å². The molecule has 0 nitrogen and oxygen atoms in total. The van der Waals surface area contributed by atoms with Gasteiger partial charge in [0, 0.05) is 1.37 Å². The maximum Gasteiger partial charge on any atom is 0.0632 e. The zero-order chi connectivity index (χ0) is 91.4. The van der Waals surface area contributed by atoms with Crippen LogP contribution in [-0.4, -0.2) is 0 Å². The monoisotopic (exact) mass is 1430 g/mol. The Morgan fingerprint density at radius 3 is 0.907 bits per heavy atom. The van der Waals surface area contributed by atoms with E-state index in [1.165, 1.54) is 66.8 Å². The second kappa shape index (κ2) is 43.4. The molecule has 0 amide bonds. The van der Waals surface area contributed by atoms with Gasteiger partial charge in [-0.1, -0.05) is 468 Å². The minimum Gasteiger partial charge on any atom is -0.0622 e. The van der Waals surface area contributed by atoms with Gasteiger partial charge in [-0.15, -0.1) is 0 Å². The van der Waals surface area contributed by atoms with Crippen LogP contribution in [0.5, 0.6) is 0 Å². The smallest absolute Gasteiger partial charge is 0.0622 e. The van der Waals surface area contributed by atoms with Crippen molar-refractivity contribution < 1.29 is 20.6 Å². The van der Waals surface area contributed by atoms with Gasteiger partial charge in [0.15, 0.2) is 0 Å². The van der Waals surface area contributed by atoms with E-state index >= 15 is 0 Å². The minimum atomic E-state index is -0.485. The summed E-state index contributed by atoms with van der Waals surface area (Å²) in [7, 11) is 0. The van der Waals surface area contributed by atoms with Gasteiger partial charge in [0.2, 0.25) is 0 Å². The van der Waals surface area contributed by atoms with Crippen LogP contribution in [0.4, 0.5) is 0 Å². The molecule has 0 atom stereocenters. The molecule has 0 spiro atoms. The van der Waals surface area contributed by atoms with Crippen LogP contribution in [0.1, 0.15) is 306 Å². The SMILES string of the molecule is CC(C)c1cccc(-c2ccccc2)c1C(C)C.CC(C)c1ccccc1-c1ccccc1.CC(C)c1ccccc1C(C)(C)C.CC(C)c1ccccc1C(C)C.[2H]C(C)(C)c1ccccc1C(C)C.[2H]c1c([2H])c([2H])c(-c2cccc(-c3c([2H])c([2H])c([2H])c(C)c3[2H])c2C(C)C)c([2H])c1[2H].[2H]c1c([2H])c([2H])c(-c2ccccc2C(C)C)c([2H])c1[2H]. The molecule has 12 aromatic rings. The second-order valence-electron chi connectivity index (χ2n) is 31.4. The van der Waals surface area contributed by atoms with Gasteiger partial charge >= 0.3 is 0 Å². The van der Waals surface area contributed by atoms with Gasteiger partial charge in [0.25, 0.3) is 0 Å². The van der Waals surface area contributed by atoms with E-state index in [4.69, 9.17) is 20.6 Å². The van der Waals surface area contributed by atoms with Crippen molar-refractivity contribution in [3.05, 3.63) is 370 Å². The summed E-state index contributed by atoms with van der Waals surface area (Å²) in [6.45, 7) is 51.5. The Hall–Kier alpha value is -9.36. The molecule has 0 aromatic heterocycles. The zero-order valence-electron chi connectivity index (χ0n) is 84.0. The Morgan fingerprint density at radius 1 is 0.234 bits per heavy atom. The van der Waals surface area contributed by atoms with Gasteiger partial charge in [-0.25, -0.2) is 0 Å². The van der Waals surface area contributed by atoms with Crippen molar-refractivity contribution in [2.24, 2.45) is 0 Å². The standard InChI is InChI=1S/C22H22.C18H22.2C15H16.C13H20.2C12H18/c1-16(2)22-20(18-10-5-4-6-11-18)13-8-14-21(22)19-12-7-9-17(3)15-19;1-13(2)16-11-8-12-17(18(16)14(3)4)15-9-6-5-7-10-15;2*1-12(2)14-10-6-7-11-15(14)13-8-4-3-5-9-13;1-10(2)11-8-6-7-9-12(11)13(3,4)5;2*1-9(2)11-7-5-6-8-12(11)10(3)4/h4-16H,1-3H3;5-14H,1-4H3;2*3-12H,1-2H3;6-10H,1-5H3;2*5-10H,1-4H3/i4D,5D,6D,7D,9D,10D,11D,12D,15D;;3D,4D,5D,8D,9D;;;9D;. The van der Waals surface area contributed by atoms with Crippen molar-refractivity contribution in [1.29, 1.82) is 0 Å². The topological polar surface area (TPSA) is 0 Å². The highest BCUT2D eigenvalue weighted by Gasteiger charge is 2.20. The third-order valence-electron chi connectivity index (χ3n) is 18.7. The Labute approximate surface area is 673 Å². The van der Waals surface area contributed by atoms with Gasteiger partial charge in [-0.2, -0.15) is 0 Å². The van der Waals surface area contributed by atoms with Gasteiger partial charge in [0.1, 0.15) is 0 Å². The number of hydrogen-bond donors (Lipinski definition) is 0. The summed E-state index contributed by atoms with van der Waals surface area (Å²) >= 11 is 0. The molecule has 12 aromatic carbocycles. The Morgan fingerprint density at radius 2 is 0.523 bits per heavy atom. The fourth-order valence-corrected chi connectivity index (χ4v) is 13.4. The van der Waals surface area contributed by atoms with Crippen LogP contribution in [0.15, 0.2) is 303 Å². The highest BCUT2D eigenvalue weighted by Crippen LogP contribution is 2.40. The van der Waals surface area contributed by atoms with E-state index in [1.807, 2.05) is 77.9 Å². The summed E-state index contributed by atoms with van der Waals surface area (Å²) in [6.07, 6.45) is 0. The molecule has 0 aliphatic carbocycles. The third-order valence-corrected chi connectivity index (χ3v) is 18.7. The number of benzene rings is 12. The lowest BCUT2D eigenvalue weighted by Gasteiger charge is -2.24. The van der Waals surface area contributed by atoms with Crippen molar-refractivity contribution in [2.45, 2.75) is 231 Å². The molecular weight excluding hydrogens is 1290 g/mol. The summed E-state index contributed by atoms with van der Waals surface area (Å²) in [5.41, 5.74) is 22.5. The van der Waals surface area contributed by atoms with Crippen LogP contribution in [0.2, 0.25) is 0 Å². The molecule has 0 bridgehead atoms. The van der Waals surface area contributed by atoms with Crippen LogP contribution in [0.3, 0.4) is 0 Å². The van der Waals surface area contributed by atoms with Crippen LogP contribution < -0.4 is 0 Å². The minimum absolute atomic E-state index is 0.0221. The summed E-state index contributed by atoms with van der Waals surface area (Å²) in [5, 5.41) is 0. The average Bonchev–Trinajstić information content (AvgIpc) is 0.746. The van der Waals surface area contributed by atoms with Gasteiger partial charge < -0.3 is 0 Å². The van der Waals surface area contributed by atoms with E-state index in [0.29, 0.717) is 69.2 Å². The number of hydrogen-bond acceptors (Lipinski definition) is 0. The highest BCUT2D eigenvalue weighted by molar-refractivity contribution is 5.80. The molecule has 12 rings (SSSR count). The summed E-state index contributed by atoms with van der Waals surface area (Å²) < 4.78 is 121. The fraction of sp³-hybridized carbons (Fsp3) is 0.327. The normalized spacial score (nSPS) is 13.1. The predicted molar refractivity (Wildman–Crippen MR) is 477 cm³/mol. The molecule has 0 unspecified atom stereocenters. The molecular formula is C107H132. The fourth-order valence-electron chi connectivity index (χ4n) is 13.4. The maximum absolute atomic E-state index is 8.52. The predicted octanol–water partition coefficient (Wildman–Crippen LogP) is 33.0. The largest absolute Gasteiger partial charge is 0.0632 e. The van der Waals surface area contributed by atoms with Gasteiger partial charge in [-0.05, 0) is 188 Å². The molecule has 0 radical (unpaired) electrons. The first-order valence-electron chi connectivity index (χ1n) is 46.2. The summed E-state index contributed by atoms with van der Waals surface area (Å²) in [5.74, 6) is 3.66. The van der Waals surface area contributed by atoms with Gasteiger partial charge in [0.05, 0.1) is 19.2 Å². The zero-order valence-corrected chi connectivity index (χ0v) is 69.0. The molecule has 0 heteroatoms. The Balaban J connectivity index is 0.000000226. The van der Waals surface area contributed by atoms with E-state index in [-0.39, 0.29) is 100 Å². The number of rotatable bonds is 15. The third kappa shape index (κ3) is 26.2. The van der Waals surface area contributed by atoms with Gasteiger partial charge in [-0.3, -0.25) is 0 Å². The molecule has 0 saturated heterocycles. The first-order valence-corrected chi connectivity index (χ1v) is 38.7. The quantitative estimate of drug-likeness (QED) is 0.0960. The lowest BCUT2D eigenvalue weighted by molar-refractivity contribution is 0.577. The first-order chi connectivity index (χ1) is 57.1. The highest BCUT2D eigenvalue weighted by atomic mass is 14.2. The van der Waals surface area contributed by atoms with E-state index in [9.17, 15) is 0 Å². The van der Waals surface area contributed by atoms with E-state index in [2.05, 4.69) is 281 Å². The summed E-state index contributed by atoms with van der Waals surface area (Å²) in [6, 6.07) is 70.9. The molecule has 0 aliphatic heterocycles. The molecule has 0 N–H and O–H groups in total. The van der Waals surface area contributed by atoms with E-state index in [0.717, 1.165) is 11.1 Å². The molecule has 0 saturated carbocycles. The lowest BCUT2D eigenvalue weighted by atomic mass is 9.81. The van der Waals surface area contributed by atoms with E-state index in [1.54, 1.807) is 25.1 Å². The van der Waals surface area contributed by atoms with E-state index < -0.39 is 24.0 Å². The molecule has 0 aliphatic rings. The van der Waals surface area contributed by atoms with Crippen molar-refractivity contribution in [3.8, 4) is 55.6 Å². The molecule has 107 heavy (non-hydrogen) atoms. The van der Waals surface area contributed by atoms with Crippen molar-refractivity contribution >= 4 is 0 Å². The lowest BCUT2D eigenvalue weighted by Crippen LogP contribution is -2.14. The molecule has 0 heterocycles. The Kier molecular flexibility index (Phi) is 26.8. The summed E-state index contributed by atoms with van der Waals surface area (Å²) in [4.78, 5) is 0. The Bertz CT molecular complexity index is 5160. The average molecular weight is 1430 g/mol. The van der Waals surface area contributed by atoms with Crippen molar-refractivity contribution in [2.75, 3.05) is 0 Å². The maximum atomic E-state index is 8.52. The van der Waals surface area contributed by atoms with Crippen LogP contribution >= 0.6 is 0 Å².